The molecule has 0 aromatic carbocycles. The molecule has 92 valence electrons. The number of rotatable bonds is 6. The van der Waals surface area contributed by atoms with Crippen LogP contribution in [0.4, 0.5) is 0 Å². The van der Waals surface area contributed by atoms with Gasteiger partial charge in [-0.05, 0) is 5.92 Å². The Hall–Kier alpha value is -1.63. The van der Waals surface area contributed by atoms with Crippen molar-refractivity contribution in [2.45, 2.75) is 32.4 Å². The maximum absolute atomic E-state index is 11.4. The van der Waals surface area contributed by atoms with Gasteiger partial charge in [0, 0.05) is 0 Å². The van der Waals surface area contributed by atoms with E-state index in [1.807, 2.05) is 0 Å². The number of nitrogens with two attached hydrogens (primary N) is 1. The predicted octanol–water partition coefficient (Wildman–Crippen LogP) is -0.986. The van der Waals surface area contributed by atoms with Crippen LogP contribution in [0.3, 0.4) is 0 Å². The lowest BCUT2D eigenvalue weighted by Gasteiger charge is -2.18. The Balaban J connectivity index is 4.46. The number of hydrogen-bond acceptors (Lipinski definition) is 4. The Bertz CT molecular complexity index is 290. The predicted molar refractivity (Wildman–Crippen MR) is 54.6 cm³/mol. The van der Waals surface area contributed by atoms with Gasteiger partial charge >= 0.3 is 11.9 Å². The third-order valence-corrected chi connectivity index (χ3v) is 2.01. The molecule has 2 atom stereocenters. The highest BCUT2D eigenvalue weighted by atomic mass is 16.4. The second-order valence-electron chi connectivity index (χ2n) is 3.77. The zero-order chi connectivity index (χ0) is 12.9. The van der Waals surface area contributed by atoms with Crippen LogP contribution in [0, 0.1) is 5.92 Å². The molecule has 0 rings (SSSR count). The normalized spacial score (nSPS) is 14.2. The van der Waals surface area contributed by atoms with Crippen molar-refractivity contribution in [2.75, 3.05) is 0 Å². The van der Waals surface area contributed by atoms with Gasteiger partial charge in [0.25, 0.3) is 0 Å². The molecule has 0 saturated heterocycles. The number of carbonyl (C=O) groups excluding carboxylic acids is 1. The first-order chi connectivity index (χ1) is 7.25. The van der Waals surface area contributed by atoms with E-state index in [2.05, 4.69) is 5.32 Å². The smallest absolute Gasteiger partial charge is 0.326 e. The summed E-state index contributed by atoms with van der Waals surface area (Å²) in [6.45, 7) is 3.41. The molecular weight excluding hydrogens is 216 g/mol. The Labute approximate surface area is 92.6 Å². The summed E-state index contributed by atoms with van der Waals surface area (Å²) in [7, 11) is 0. The summed E-state index contributed by atoms with van der Waals surface area (Å²) in [5, 5.41) is 19.2. The molecule has 0 unspecified atom stereocenters. The molecule has 0 fully saturated rings. The van der Waals surface area contributed by atoms with Crippen molar-refractivity contribution in [3.8, 4) is 0 Å². The molecule has 0 radical (unpaired) electrons. The van der Waals surface area contributed by atoms with Crippen molar-refractivity contribution in [3.05, 3.63) is 0 Å². The number of carbonyl (C=O) groups is 3. The van der Waals surface area contributed by atoms with E-state index in [4.69, 9.17) is 15.9 Å². The van der Waals surface area contributed by atoms with Gasteiger partial charge in [-0.1, -0.05) is 13.8 Å². The van der Waals surface area contributed by atoms with E-state index >= 15 is 0 Å². The quantitative estimate of drug-likeness (QED) is 0.465. The van der Waals surface area contributed by atoms with Crippen LogP contribution < -0.4 is 11.1 Å². The van der Waals surface area contributed by atoms with Crippen molar-refractivity contribution in [1.29, 1.82) is 0 Å². The highest BCUT2D eigenvalue weighted by Crippen LogP contribution is 2.00. The molecule has 0 aromatic rings. The van der Waals surface area contributed by atoms with E-state index in [1.54, 1.807) is 13.8 Å². The molecular formula is C9H16N2O5. The molecule has 7 nitrogen and oxygen atoms in total. The van der Waals surface area contributed by atoms with Crippen LogP contribution >= 0.6 is 0 Å². The molecule has 0 bridgehead atoms. The third kappa shape index (κ3) is 4.74. The second-order valence-corrected chi connectivity index (χ2v) is 3.77. The van der Waals surface area contributed by atoms with Gasteiger partial charge in [-0.2, -0.15) is 0 Å². The SMILES string of the molecule is CC(C)[C@H](N)C(=O)N[C@H](CC(=O)O)C(=O)O. The van der Waals surface area contributed by atoms with Crippen molar-refractivity contribution in [1.82, 2.24) is 5.32 Å². The van der Waals surface area contributed by atoms with Crippen molar-refractivity contribution in [2.24, 2.45) is 11.7 Å². The summed E-state index contributed by atoms with van der Waals surface area (Å²) < 4.78 is 0. The van der Waals surface area contributed by atoms with Gasteiger partial charge < -0.3 is 21.3 Å². The Kier molecular flexibility index (Phi) is 5.44. The fourth-order valence-corrected chi connectivity index (χ4v) is 0.945. The fourth-order valence-electron chi connectivity index (χ4n) is 0.945. The number of amides is 1. The number of aliphatic carboxylic acids is 2. The van der Waals surface area contributed by atoms with Crippen LogP contribution in [-0.4, -0.2) is 40.1 Å². The summed E-state index contributed by atoms with van der Waals surface area (Å²) in [6.07, 6.45) is -0.675. The first kappa shape index (κ1) is 14.4. The first-order valence-corrected chi connectivity index (χ1v) is 4.76. The molecule has 0 aliphatic heterocycles. The van der Waals surface area contributed by atoms with E-state index in [1.165, 1.54) is 0 Å². The Morgan fingerprint density at radius 3 is 2.06 bits per heavy atom. The standard InChI is InChI=1S/C9H16N2O5/c1-4(2)7(10)8(14)11-5(9(15)16)3-6(12)13/h4-5,7H,3,10H2,1-2H3,(H,11,14)(H,12,13)(H,15,16)/t5-,7+/m1/s1. The highest BCUT2D eigenvalue weighted by molar-refractivity contribution is 5.89. The average Bonchev–Trinajstić information content (AvgIpc) is 2.14. The molecule has 5 N–H and O–H groups in total. The Morgan fingerprint density at radius 2 is 1.75 bits per heavy atom. The molecule has 0 saturated carbocycles. The Morgan fingerprint density at radius 1 is 1.25 bits per heavy atom. The highest BCUT2D eigenvalue weighted by Gasteiger charge is 2.26. The minimum absolute atomic E-state index is 0.153. The zero-order valence-electron chi connectivity index (χ0n) is 9.14. The van der Waals surface area contributed by atoms with E-state index in [9.17, 15) is 14.4 Å². The van der Waals surface area contributed by atoms with Gasteiger partial charge in [-0.15, -0.1) is 0 Å². The van der Waals surface area contributed by atoms with Crippen LogP contribution in [0.5, 0.6) is 0 Å². The molecule has 7 heteroatoms. The van der Waals surface area contributed by atoms with E-state index < -0.39 is 36.4 Å². The summed E-state index contributed by atoms with van der Waals surface area (Å²) in [6, 6.07) is -2.30. The largest absolute Gasteiger partial charge is 0.481 e. The molecule has 0 aliphatic carbocycles. The van der Waals surface area contributed by atoms with Gasteiger partial charge in [0.1, 0.15) is 6.04 Å². The second kappa shape index (κ2) is 6.06. The summed E-state index contributed by atoms with van der Waals surface area (Å²) in [5.74, 6) is -3.51. The van der Waals surface area contributed by atoms with Crippen LogP contribution in [0.1, 0.15) is 20.3 Å². The van der Waals surface area contributed by atoms with Gasteiger partial charge in [-0.3, -0.25) is 9.59 Å². The van der Waals surface area contributed by atoms with Crippen LogP contribution in [-0.2, 0) is 14.4 Å². The minimum atomic E-state index is -1.45. The van der Waals surface area contributed by atoms with Crippen molar-refractivity contribution >= 4 is 17.8 Å². The van der Waals surface area contributed by atoms with Crippen LogP contribution in [0.25, 0.3) is 0 Å². The van der Waals surface area contributed by atoms with Gasteiger partial charge in [0.2, 0.25) is 5.91 Å². The summed E-state index contributed by atoms with van der Waals surface area (Å²) >= 11 is 0. The molecule has 1 amide bonds. The van der Waals surface area contributed by atoms with Crippen LogP contribution in [0.2, 0.25) is 0 Å². The number of carboxylic acids is 2. The lowest BCUT2D eigenvalue weighted by Crippen LogP contribution is -2.50. The van der Waals surface area contributed by atoms with Crippen molar-refractivity contribution < 1.29 is 24.6 Å². The maximum Gasteiger partial charge on any atom is 0.326 e. The minimum Gasteiger partial charge on any atom is -0.481 e. The molecule has 0 aromatic heterocycles. The lowest BCUT2D eigenvalue weighted by molar-refractivity contribution is -0.147. The molecule has 0 aliphatic rings. The third-order valence-electron chi connectivity index (χ3n) is 2.01. The maximum atomic E-state index is 11.4. The lowest BCUT2D eigenvalue weighted by atomic mass is 10.0. The van der Waals surface area contributed by atoms with E-state index in [-0.39, 0.29) is 5.92 Å². The average molecular weight is 232 g/mol. The van der Waals surface area contributed by atoms with Crippen LogP contribution in [0.15, 0.2) is 0 Å². The topological polar surface area (TPSA) is 130 Å². The summed E-state index contributed by atoms with van der Waals surface area (Å²) in [5.41, 5.74) is 5.49. The molecule has 16 heavy (non-hydrogen) atoms. The molecule has 0 heterocycles. The zero-order valence-corrected chi connectivity index (χ0v) is 9.14. The molecule has 0 spiro atoms. The fraction of sp³-hybridized carbons (Fsp3) is 0.667. The van der Waals surface area contributed by atoms with Gasteiger partial charge in [-0.25, -0.2) is 4.79 Å². The van der Waals surface area contributed by atoms with E-state index in [0.29, 0.717) is 0 Å². The number of carboxylic acid groups (broad SMARTS) is 2. The monoisotopic (exact) mass is 232 g/mol. The van der Waals surface area contributed by atoms with Gasteiger partial charge in [0.15, 0.2) is 0 Å². The summed E-state index contributed by atoms with van der Waals surface area (Å²) in [4.78, 5) is 32.4. The van der Waals surface area contributed by atoms with Gasteiger partial charge in [0.05, 0.1) is 12.5 Å². The number of hydrogen-bond donors (Lipinski definition) is 4. The van der Waals surface area contributed by atoms with E-state index in [0.717, 1.165) is 0 Å². The number of nitrogens with one attached hydrogen (secondary N) is 1. The van der Waals surface area contributed by atoms with Crippen molar-refractivity contribution in [3.63, 3.8) is 0 Å². The first-order valence-electron chi connectivity index (χ1n) is 4.76.